The van der Waals surface area contributed by atoms with Gasteiger partial charge in [-0.2, -0.15) is 0 Å². The third-order valence-electron chi connectivity index (χ3n) is 2.99. The molecule has 6 nitrogen and oxygen atoms in total. The molecule has 0 radical (unpaired) electrons. The summed E-state index contributed by atoms with van der Waals surface area (Å²) in [5, 5.41) is 8.99. The lowest BCUT2D eigenvalue weighted by atomic mass is 10.3. The van der Waals surface area contributed by atoms with Crippen LogP contribution in [0.5, 0.6) is 0 Å². The van der Waals surface area contributed by atoms with Gasteiger partial charge in [-0.15, -0.1) is 10.2 Å². The Bertz CT molecular complexity index is 736. The lowest BCUT2D eigenvalue weighted by molar-refractivity contribution is 0.101. The molecule has 0 atom stereocenters. The molecular formula is C14H13N5OS. The number of thioether (sulfide) groups is 1. The van der Waals surface area contributed by atoms with Crippen molar-refractivity contribution in [2.75, 3.05) is 5.75 Å². The van der Waals surface area contributed by atoms with Crippen LogP contribution in [0.4, 0.5) is 0 Å². The molecule has 0 aliphatic rings. The summed E-state index contributed by atoms with van der Waals surface area (Å²) in [7, 11) is 1.88. The summed E-state index contributed by atoms with van der Waals surface area (Å²) in [6.07, 6.45) is 5.19. The van der Waals surface area contributed by atoms with Crippen LogP contribution in [0, 0.1) is 0 Å². The normalized spacial score (nSPS) is 10.7. The first-order valence-electron chi connectivity index (χ1n) is 6.35. The molecule has 106 valence electrons. The molecular weight excluding hydrogens is 286 g/mol. The van der Waals surface area contributed by atoms with Crippen LogP contribution in [0.25, 0.3) is 11.4 Å². The van der Waals surface area contributed by atoms with Crippen LogP contribution in [-0.2, 0) is 7.05 Å². The Labute approximate surface area is 125 Å². The molecule has 3 rings (SSSR count). The zero-order valence-corrected chi connectivity index (χ0v) is 12.2. The highest BCUT2D eigenvalue weighted by Gasteiger charge is 2.14. The van der Waals surface area contributed by atoms with E-state index >= 15 is 0 Å². The molecule has 0 saturated carbocycles. The minimum absolute atomic E-state index is 0.0379. The van der Waals surface area contributed by atoms with E-state index in [9.17, 15) is 4.79 Å². The molecule has 0 amide bonds. The van der Waals surface area contributed by atoms with Crippen molar-refractivity contribution in [2.45, 2.75) is 5.16 Å². The summed E-state index contributed by atoms with van der Waals surface area (Å²) in [6.45, 7) is 0. The zero-order valence-electron chi connectivity index (χ0n) is 11.4. The van der Waals surface area contributed by atoms with Gasteiger partial charge in [-0.1, -0.05) is 11.8 Å². The van der Waals surface area contributed by atoms with Gasteiger partial charge in [-0.25, -0.2) is 0 Å². The van der Waals surface area contributed by atoms with Crippen LogP contribution in [0.1, 0.15) is 10.5 Å². The average molecular weight is 299 g/mol. The number of rotatable bonds is 5. The van der Waals surface area contributed by atoms with Crippen molar-refractivity contribution < 1.29 is 4.79 Å². The smallest absolute Gasteiger partial charge is 0.191 e. The summed E-state index contributed by atoms with van der Waals surface area (Å²) in [5.41, 5.74) is 1.51. The van der Waals surface area contributed by atoms with E-state index < -0.39 is 0 Å². The van der Waals surface area contributed by atoms with Crippen molar-refractivity contribution in [1.82, 2.24) is 24.7 Å². The summed E-state index contributed by atoms with van der Waals surface area (Å²) < 4.78 is 1.86. The number of H-pyrrole nitrogens is 1. The number of carbonyl (C=O) groups is 1. The lowest BCUT2D eigenvalue weighted by Gasteiger charge is -2.03. The highest BCUT2D eigenvalue weighted by Crippen LogP contribution is 2.22. The van der Waals surface area contributed by atoms with E-state index in [-0.39, 0.29) is 5.78 Å². The standard InChI is InChI=1S/C14H13N5OS/c1-19-13(10-4-2-6-15-8-10)17-18-14(19)21-9-12(20)11-5-3-7-16-11/h2-8,16H,9H2,1H3. The third kappa shape index (κ3) is 2.87. The maximum atomic E-state index is 11.9. The van der Waals surface area contributed by atoms with E-state index in [2.05, 4.69) is 20.2 Å². The SMILES string of the molecule is Cn1c(SCC(=O)c2ccc[nH]2)nnc1-c1cccnc1. The molecule has 0 unspecified atom stereocenters. The van der Waals surface area contributed by atoms with Crippen molar-refractivity contribution in [1.29, 1.82) is 0 Å². The van der Waals surface area contributed by atoms with Crippen LogP contribution in [0.2, 0.25) is 0 Å². The number of hydrogen-bond donors (Lipinski definition) is 1. The van der Waals surface area contributed by atoms with E-state index in [1.165, 1.54) is 11.8 Å². The molecule has 3 aromatic rings. The average Bonchev–Trinajstić information content (AvgIpc) is 3.16. The molecule has 0 bridgehead atoms. The maximum Gasteiger partial charge on any atom is 0.191 e. The molecule has 3 aromatic heterocycles. The summed E-state index contributed by atoms with van der Waals surface area (Å²) in [6, 6.07) is 7.35. The molecule has 21 heavy (non-hydrogen) atoms. The van der Waals surface area contributed by atoms with Crippen LogP contribution < -0.4 is 0 Å². The van der Waals surface area contributed by atoms with Crippen LogP contribution in [-0.4, -0.2) is 36.3 Å². The van der Waals surface area contributed by atoms with Gasteiger partial charge in [0.25, 0.3) is 0 Å². The number of hydrogen-bond acceptors (Lipinski definition) is 5. The Balaban J connectivity index is 1.73. The molecule has 0 aromatic carbocycles. The number of carbonyl (C=O) groups excluding carboxylic acids is 1. The zero-order chi connectivity index (χ0) is 14.7. The Kier molecular flexibility index (Phi) is 3.83. The summed E-state index contributed by atoms with van der Waals surface area (Å²) in [5.74, 6) is 1.09. The largest absolute Gasteiger partial charge is 0.359 e. The third-order valence-corrected chi connectivity index (χ3v) is 4.01. The molecule has 0 aliphatic carbocycles. The van der Waals surface area contributed by atoms with Crippen molar-refractivity contribution in [3.8, 4) is 11.4 Å². The highest BCUT2D eigenvalue weighted by molar-refractivity contribution is 7.99. The predicted molar refractivity (Wildman–Crippen MR) is 80.1 cm³/mol. The Morgan fingerprint density at radius 2 is 2.24 bits per heavy atom. The van der Waals surface area contributed by atoms with Crippen molar-refractivity contribution >= 4 is 17.5 Å². The van der Waals surface area contributed by atoms with Crippen molar-refractivity contribution in [3.05, 3.63) is 48.5 Å². The topological polar surface area (TPSA) is 76.5 Å². The van der Waals surface area contributed by atoms with Gasteiger partial charge in [-0.3, -0.25) is 9.78 Å². The second-order valence-corrected chi connectivity index (χ2v) is 5.35. The number of aromatic amines is 1. The predicted octanol–water partition coefficient (Wildman–Crippen LogP) is 2.18. The van der Waals surface area contributed by atoms with Crippen LogP contribution >= 0.6 is 11.8 Å². The van der Waals surface area contributed by atoms with Gasteiger partial charge in [0.05, 0.1) is 11.4 Å². The minimum atomic E-state index is 0.0379. The minimum Gasteiger partial charge on any atom is -0.359 e. The van der Waals surface area contributed by atoms with Gasteiger partial charge in [-0.05, 0) is 24.3 Å². The van der Waals surface area contributed by atoms with Gasteiger partial charge >= 0.3 is 0 Å². The number of pyridine rings is 1. The Morgan fingerprint density at radius 1 is 1.33 bits per heavy atom. The number of ketones is 1. The quantitative estimate of drug-likeness (QED) is 0.577. The monoisotopic (exact) mass is 299 g/mol. The number of Topliss-reactive ketones (excluding diaryl/α,β-unsaturated/α-hetero) is 1. The molecule has 0 spiro atoms. The second-order valence-electron chi connectivity index (χ2n) is 4.40. The molecule has 0 saturated heterocycles. The van der Waals surface area contributed by atoms with E-state index in [1.807, 2.05) is 23.7 Å². The van der Waals surface area contributed by atoms with Gasteiger partial charge < -0.3 is 9.55 Å². The van der Waals surface area contributed by atoms with E-state index in [4.69, 9.17) is 0 Å². The molecule has 7 heteroatoms. The highest BCUT2D eigenvalue weighted by atomic mass is 32.2. The second kappa shape index (κ2) is 5.92. The first-order chi connectivity index (χ1) is 10.3. The maximum absolute atomic E-state index is 11.9. The van der Waals surface area contributed by atoms with E-state index in [1.54, 1.807) is 30.7 Å². The van der Waals surface area contributed by atoms with E-state index in [0.29, 0.717) is 16.6 Å². The molecule has 0 aliphatic heterocycles. The summed E-state index contributed by atoms with van der Waals surface area (Å²) >= 11 is 1.37. The van der Waals surface area contributed by atoms with Crippen LogP contribution in [0.3, 0.4) is 0 Å². The lowest BCUT2D eigenvalue weighted by Crippen LogP contribution is -2.04. The number of nitrogens with one attached hydrogen (secondary N) is 1. The number of nitrogens with zero attached hydrogens (tertiary/aromatic N) is 4. The fourth-order valence-corrected chi connectivity index (χ4v) is 2.69. The fourth-order valence-electron chi connectivity index (χ4n) is 1.90. The van der Waals surface area contributed by atoms with Gasteiger partial charge in [0.2, 0.25) is 0 Å². The fraction of sp³-hybridized carbons (Fsp3) is 0.143. The van der Waals surface area contributed by atoms with Gasteiger partial charge in [0.15, 0.2) is 16.8 Å². The Morgan fingerprint density at radius 3 is 2.95 bits per heavy atom. The number of aromatic nitrogens is 5. The summed E-state index contributed by atoms with van der Waals surface area (Å²) in [4.78, 5) is 18.9. The molecule has 1 N–H and O–H groups in total. The molecule has 3 heterocycles. The van der Waals surface area contributed by atoms with Gasteiger partial charge in [0, 0.05) is 31.2 Å². The van der Waals surface area contributed by atoms with Crippen molar-refractivity contribution in [3.63, 3.8) is 0 Å². The Hall–Kier alpha value is -2.41. The van der Waals surface area contributed by atoms with Crippen molar-refractivity contribution in [2.24, 2.45) is 7.05 Å². The first-order valence-corrected chi connectivity index (χ1v) is 7.33. The first kappa shape index (κ1) is 13.6. The van der Waals surface area contributed by atoms with Crippen LogP contribution in [0.15, 0.2) is 48.0 Å². The molecule has 0 fully saturated rings. The van der Waals surface area contributed by atoms with E-state index in [0.717, 1.165) is 11.4 Å². The van der Waals surface area contributed by atoms with Gasteiger partial charge in [0.1, 0.15) is 0 Å².